The van der Waals surface area contributed by atoms with Gasteiger partial charge in [0.15, 0.2) is 0 Å². The van der Waals surface area contributed by atoms with Crippen LogP contribution >= 0.6 is 22.9 Å². The molecule has 0 saturated carbocycles. The highest BCUT2D eigenvalue weighted by Crippen LogP contribution is 2.22. The molecule has 24 heavy (non-hydrogen) atoms. The SMILES string of the molecule is CN(CCOc1ccc(Cl)cc1)CC(=O)Nc1sccc1C(N)=O. The van der Waals surface area contributed by atoms with Crippen LogP contribution in [0.5, 0.6) is 5.75 Å². The Morgan fingerprint density at radius 2 is 2.00 bits per heavy atom. The molecule has 1 heterocycles. The highest BCUT2D eigenvalue weighted by Gasteiger charge is 2.13. The van der Waals surface area contributed by atoms with Crippen molar-refractivity contribution in [2.45, 2.75) is 0 Å². The van der Waals surface area contributed by atoms with Gasteiger partial charge in [0.2, 0.25) is 5.91 Å². The summed E-state index contributed by atoms with van der Waals surface area (Å²) in [6.07, 6.45) is 0. The molecule has 0 atom stereocenters. The summed E-state index contributed by atoms with van der Waals surface area (Å²) in [7, 11) is 1.81. The molecule has 8 heteroatoms. The predicted molar refractivity (Wildman–Crippen MR) is 95.9 cm³/mol. The molecule has 2 rings (SSSR count). The number of ether oxygens (including phenoxy) is 1. The fourth-order valence-corrected chi connectivity index (χ4v) is 2.88. The second-order valence-electron chi connectivity index (χ2n) is 5.12. The van der Waals surface area contributed by atoms with Gasteiger partial charge in [-0.3, -0.25) is 14.5 Å². The largest absolute Gasteiger partial charge is 0.492 e. The zero-order valence-electron chi connectivity index (χ0n) is 13.1. The van der Waals surface area contributed by atoms with E-state index < -0.39 is 5.91 Å². The maximum absolute atomic E-state index is 12.0. The molecular formula is C16H18ClN3O3S. The van der Waals surface area contributed by atoms with Gasteiger partial charge in [-0.05, 0) is 42.8 Å². The molecule has 0 unspecified atom stereocenters. The molecule has 6 nitrogen and oxygen atoms in total. The molecule has 0 aliphatic heterocycles. The van der Waals surface area contributed by atoms with Crippen molar-refractivity contribution >= 4 is 39.8 Å². The zero-order valence-corrected chi connectivity index (χ0v) is 14.7. The van der Waals surface area contributed by atoms with Crippen molar-refractivity contribution in [2.75, 3.05) is 32.1 Å². The third-order valence-corrected chi connectivity index (χ3v) is 4.23. The maximum Gasteiger partial charge on any atom is 0.251 e. The van der Waals surface area contributed by atoms with E-state index in [2.05, 4.69) is 5.32 Å². The number of primary amides is 1. The number of nitrogens with two attached hydrogens (primary N) is 1. The Kier molecular flexibility index (Phi) is 6.60. The van der Waals surface area contributed by atoms with Crippen molar-refractivity contribution in [3.8, 4) is 5.75 Å². The van der Waals surface area contributed by atoms with Gasteiger partial charge in [-0.15, -0.1) is 11.3 Å². The first kappa shape index (κ1) is 18.3. The number of benzene rings is 1. The Balaban J connectivity index is 1.74. The number of halogens is 1. The number of likely N-dealkylation sites (N-methyl/N-ethyl adjacent to an activating group) is 1. The number of amides is 2. The standard InChI is InChI=1S/C16H18ClN3O3S/c1-20(7-8-23-12-4-2-11(17)3-5-12)10-14(21)19-16-13(15(18)22)6-9-24-16/h2-6,9H,7-8,10H2,1H3,(H2,18,22)(H,19,21). The normalized spacial score (nSPS) is 10.6. The number of rotatable bonds is 8. The molecule has 2 aromatic rings. The average molecular weight is 368 g/mol. The van der Waals surface area contributed by atoms with Gasteiger partial charge in [-0.1, -0.05) is 11.6 Å². The molecule has 0 spiro atoms. The summed E-state index contributed by atoms with van der Waals surface area (Å²) in [5, 5.41) is 5.53. The van der Waals surface area contributed by atoms with Crippen LogP contribution in [0.25, 0.3) is 0 Å². The van der Waals surface area contributed by atoms with Gasteiger partial charge in [0.25, 0.3) is 5.91 Å². The maximum atomic E-state index is 12.0. The molecule has 0 aliphatic carbocycles. The number of nitrogens with zero attached hydrogens (tertiary/aromatic N) is 1. The van der Waals surface area contributed by atoms with Gasteiger partial charge in [0, 0.05) is 11.6 Å². The van der Waals surface area contributed by atoms with Crippen LogP contribution in [0.15, 0.2) is 35.7 Å². The first-order valence-electron chi connectivity index (χ1n) is 7.20. The van der Waals surface area contributed by atoms with Gasteiger partial charge in [-0.25, -0.2) is 0 Å². The lowest BCUT2D eigenvalue weighted by Crippen LogP contribution is -2.33. The summed E-state index contributed by atoms with van der Waals surface area (Å²) in [5.74, 6) is -0.0489. The van der Waals surface area contributed by atoms with E-state index in [1.54, 1.807) is 35.7 Å². The summed E-state index contributed by atoms with van der Waals surface area (Å²) in [6.45, 7) is 1.19. The Hall–Kier alpha value is -2.09. The fourth-order valence-electron chi connectivity index (χ4n) is 1.94. The third-order valence-electron chi connectivity index (χ3n) is 3.15. The van der Waals surface area contributed by atoms with Gasteiger partial charge in [0.05, 0.1) is 12.1 Å². The topological polar surface area (TPSA) is 84.7 Å². The van der Waals surface area contributed by atoms with Gasteiger partial charge < -0.3 is 15.8 Å². The summed E-state index contributed by atoms with van der Waals surface area (Å²) >= 11 is 7.07. The van der Waals surface area contributed by atoms with E-state index in [1.807, 2.05) is 11.9 Å². The number of hydrogen-bond acceptors (Lipinski definition) is 5. The summed E-state index contributed by atoms with van der Waals surface area (Å²) < 4.78 is 5.58. The van der Waals surface area contributed by atoms with E-state index in [0.29, 0.717) is 28.7 Å². The first-order chi connectivity index (χ1) is 11.5. The molecule has 1 aromatic heterocycles. The second-order valence-corrected chi connectivity index (χ2v) is 6.47. The van der Waals surface area contributed by atoms with Crippen LogP contribution < -0.4 is 15.8 Å². The van der Waals surface area contributed by atoms with Crippen LogP contribution in [-0.4, -0.2) is 43.5 Å². The Labute approximate surface area is 149 Å². The lowest BCUT2D eigenvalue weighted by molar-refractivity contribution is -0.117. The van der Waals surface area contributed by atoms with Crippen molar-refractivity contribution < 1.29 is 14.3 Å². The minimum Gasteiger partial charge on any atom is -0.492 e. The number of nitrogens with one attached hydrogen (secondary N) is 1. The van der Waals surface area contributed by atoms with Crippen LogP contribution in [0.4, 0.5) is 5.00 Å². The monoisotopic (exact) mass is 367 g/mol. The van der Waals surface area contributed by atoms with E-state index in [4.69, 9.17) is 22.1 Å². The zero-order chi connectivity index (χ0) is 17.5. The van der Waals surface area contributed by atoms with Crippen LogP contribution in [0.3, 0.4) is 0 Å². The molecule has 0 aliphatic rings. The van der Waals surface area contributed by atoms with Crippen LogP contribution in [0.2, 0.25) is 5.02 Å². The molecule has 0 bridgehead atoms. The van der Waals surface area contributed by atoms with E-state index in [0.717, 1.165) is 5.75 Å². The minimum atomic E-state index is -0.559. The average Bonchev–Trinajstić information content (AvgIpc) is 2.97. The highest BCUT2D eigenvalue weighted by atomic mass is 35.5. The second kappa shape index (κ2) is 8.68. The molecule has 0 radical (unpaired) electrons. The number of thiophene rings is 1. The summed E-state index contributed by atoms with van der Waals surface area (Å²) in [6, 6.07) is 8.68. The third kappa shape index (κ3) is 5.52. The smallest absolute Gasteiger partial charge is 0.251 e. The van der Waals surface area contributed by atoms with E-state index >= 15 is 0 Å². The Morgan fingerprint density at radius 3 is 2.67 bits per heavy atom. The van der Waals surface area contributed by atoms with Crippen molar-refractivity contribution in [3.63, 3.8) is 0 Å². The molecule has 3 N–H and O–H groups in total. The number of anilines is 1. The van der Waals surface area contributed by atoms with E-state index in [9.17, 15) is 9.59 Å². The molecular weight excluding hydrogens is 350 g/mol. The minimum absolute atomic E-state index is 0.181. The fraction of sp³-hybridized carbons (Fsp3) is 0.250. The van der Waals surface area contributed by atoms with Gasteiger partial charge >= 0.3 is 0 Å². The Morgan fingerprint density at radius 1 is 1.29 bits per heavy atom. The van der Waals surface area contributed by atoms with E-state index in [-0.39, 0.29) is 12.5 Å². The molecule has 128 valence electrons. The number of carbonyl (C=O) groups excluding carboxylic acids is 2. The predicted octanol–water partition coefficient (Wildman–Crippen LogP) is 2.45. The van der Waals surface area contributed by atoms with Gasteiger partial charge in [-0.2, -0.15) is 0 Å². The van der Waals surface area contributed by atoms with Crippen molar-refractivity contribution in [1.29, 1.82) is 0 Å². The number of carbonyl (C=O) groups is 2. The quantitative estimate of drug-likeness (QED) is 0.750. The van der Waals surface area contributed by atoms with Gasteiger partial charge in [0.1, 0.15) is 17.4 Å². The summed E-state index contributed by atoms with van der Waals surface area (Å²) in [5.41, 5.74) is 5.57. The summed E-state index contributed by atoms with van der Waals surface area (Å²) in [4.78, 5) is 25.1. The number of hydrogen-bond donors (Lipinski definition) is 2. The van der Waals surface area contributed by atoms with Crippen LogP contribution in [-0.2, 0) is 4.79 Å². The lowest BCUT2D eigenvalue weighted by atomic mass is 10.3. The lowest BCUT2D eigenvalue weighted by Gasteiger charge is -2.16. The van der Waals surface area contributed by atoms with Crippen molar-refractivity contribution in [2.24, 2.45) is 5.73 Å². The Bertz CT molecular complexity index is 703. The first-order valence-corrected chi connectivity index (χ1v) is 8.45. The van der Waals surface area contributed by atoms with E-state index in [1.165, 1.54) is 11.3 Å². The molecule has 0 fully saturated rings. The van der Waals surface area contributed by atoms with Crippen molar-refractivity contribution in [1.82, 2.24) is 4.90 Å². The highest BCUT2D eigenvalue weighted by molar-refractivity contribution is 7.14. The van der Waals surface area contributed by atoms with Crippen LogP contribution in [0.1, 0.15) is 10.4 Å². The van der Waals surface area contributed by atoms with Crippen LogP contribution in [0, 0.1) is 0 Å². The molecule has 1 aromatic carbocycles. The van der Waals surface area contributed by atoms with Crippen molar-refractivity contribution in [3.05, 3.63) is 46.3 Å². The molecule has 0 saturated heterocycles. The molecule has 2 amide bonds.